The number of aromatic nitrogens is 3. The van der Waals surface area contributed by atoms with Gasteiger partial charge in [0, 0.05) is 30.7 Å². The zero-order valence-electron chi connectivity index (χ0n) is 14.9. The van der Waals surface area contributed by atoms with E-state index in [4.69, 9.17) is 0 Å². The van der Waals surface area contributed by atoms with E-state index in [-0.39, 0.29) is 24.7 Å². The van der Waals surface area contributed by atoms with Gasteiger partial charge in [-0.3, -0.25) is 9.52 Å². The highest BCUT2D eigenvalue weighted by Crippen LogP contribution is 2.15. The van der Waals surface area contributed by atoms with Crippen molar-refractivity contribution in [1.82, 2.24) is 19.5 Å². The lowest BCUT2D eigenvalue weighted by Gasteiger charge is -2.10. The molecule has 9 heteroatoms. The Hall–Kier alpha value is -3.33. The van der Waals surface area contributed by atoms with Gasteiger partial charge in [-0.05, 0) is 35.7 Å². The molecule has 8 nitrogen and oxygen atoms in total. The Morgan fingerprint density at radius 1 is 1.07 bits per heavy atom. The Morgan fingerprint density at radius 3 is 2.82 bits per heavy atom. The van der Waals surface area contributed by atoms with Crippen molar-refractivity contribution in [2.24, 2.45) is 0 Å². The number of carbonyl (C=O) groups is 1. The molecule has 0 radical (unpaired) electrons. The average Bonchev–Trinajstić information content (AvgIpc) is 3.28. The molecule has 144 valence electrons. The second-order valence-electron chi connectivity index (χ2n) is 6.39. The van der Waals surface area contributed by atoms with Crippen LogP contribution >= 0.6 is 0 Å². The number of rotatable bonds is 7. The molecule has 3 heterocycles. The molecular formula is C19H19N5O3S. The number of para-hydroxylation sites is 1. The van der Waals surface area contributed by atoms with E-state index < -0.39 is 10.0 Å². The molecule has 3 aromatic heterocycles. The second kappa shape index (κ2) is 7.35. The molecule has 0 atom stereocenters. The highest BCUT2D eigenvalue weighted by atomic mass is 32.2. The molecule has 28 heavy (non-hydrogen) atoms. The topological polar surface area (TPSA) is 97.5 Å². The van der Waals surface area contributed by atoms with E-state index in [1.54, 1.807) is 35.1 Å². The van der Waals surface area contributed by atoms with Crippen LogP contribution in [-0.2, 0) is 21.4 Å². The van der Waals surface area contributed by atoms with Crippen molar-refractivity contribution in [3.8, 4) is 0 Å². The number of sulfonamides is 1. The number of anilines is 1. The van der Waals surface area contributed by atoms with Crippen LogP contribution in [0.15, 0.2) is 67.1 Å². The van der Waals surface area contributed by atoms with Crippen molar-refractivity contribution in [2.45, 2.75) is 6.54 Å². The first kappa shape index (κ1) is 18.1. The average molecular weight is 397 g/mol. The van der Waals surface area contributed by atoms with E-state index >= 15 is 0 Å². The van der Waals surface area contributed by atoms with Crippen LogP contribution in [0.3, 0.4) is 0 Å². The van der Waals surface area contributed by atoms with Gasteiger partial charge < -0.3 is 9.88 Å². The van der Waals surface area contributed by atoms with Gasteiger partial charge >= 0.3 is 0 Å². The number of hydrogen-bond acceptors (Lipinski definition) is 4. The molecule has 0 spiro atoms. The molecule has 4 aromatic rings. The molecular weight excluding hydrogens is 378 g/mol. The summed E-state index contributed by atoms with van der Waals surface area (Å²) in [4.78, 5) is 12.2. The Balaban J connectivity index is 1.31. The van der Waals surface area contributed by atoms with Crippen molar-refractivity contribution >= 4 is 38.0 Å². The molecule has 0 aliphatic heterocycles. The summed E-state index contributed by atoms with van der Waals surface area (Å²) in [5.41, 5.74) is 2.20. The van der Waals surface area contributed by atoms with Crippen molar-refractivity contribution in [2.75, 3.05) is 17.0 Å². The number of fused-ring (bicyclic) bond motifs is 2. The van der Waals surface area contributed by atoms with Gasteiger partial charge in [-0.25, -0.2) is 12.9 Å². The summed E-state index contributed by atoms with van der Waals surface area (Å²) in [5, 5.41) is 7.78. The highest BCUT2D eigenvalue weighted by molar-refractivity contribution is 7.92. The van der Waals surface area contributed by atoms with Crippen molar-refractivity contribution in [1.29, 1.82) is 0 Å². The zero-order chi connectivity index (χ0) is 19.6. The second-order valence-corrected chi connectivity index (χ2v) is 8.23. The number of nitrogens with one attached hydrogen (secondary N) is 2. The van der Waals surface area contributed by atoms with Gasteiger partial charge in [-0.15, -0.1) is 0 Å². The van der Waals surface area contributed by atoms with Crippen LogP contribution in [0.1, 0.15) is 0 Å². The predicted molar refractivity (Wildman–Crippen MR) is 108 cm³/mol. The molecule has 0 unspecified atom stereocenters. The maximum atomic E-state index is 12.3. The number of benzene rings is 1. The third kappa shape index (κ3) is 3.99. The van der Waals surface area contributed by atoms with E-state index in [1.807, 2.05) is 41.1 Å². The summed E-state index contributed by atoms with van der Waals surface area (Å²) in [7, 11) is -3.58. The number of pyridine rings is 1. The number of nitrogens with zero attached hydrogens (tertiary/aromatic N) is 3. The van der Waals surface area contributed by atoms with Crippen molar-refractivity contribution in [3.05, 3.63) is 67.1 Å². The SMILES string of the molecule is O=C(Cn1ccc2ccccc21)NCCS(=O)(=O)Nc1ccn2nccc2c1. The molecule has 1 aromatic carbocycles. The van der Waals surface area contributed by atoms with E-state index in [2.05, 4.69) is 15.1 Å². The van der Waals surface area contributed by atoms with Gasteiger partial charge in [0.15, 0.2) is 0 Å². The quantitative estimate of drug-likeness (QED) is 0.497. The molecule has 2 N–H and O–H groups in total. The van der Waals surface area contributed by atoms with E-state index in [0.717, 1.165) is 16.4 Å². The molecule has 0 fully saturated rings. The first-order valence-corrected chi connectivity index (χ1v) is 10.4. The minimum atomic E-state index is -3.58. The fourth-order valence-corrected chi connectivity index (χ4v) is 3.99. The Kier molecular flexibility index (Phi) is 4.74. The molecule has 0 saturated carbocycles. The van der Waals surface area contributed by atoms with Crippen LogP contribution in [0.4, 0.5) is 5.69 Å². The van der Waals surface area contributed by atoms with Gasteiger partial charge in [0.05, 0.1) is 17.0 Å². The van der Waals surface area contributed by atoms with Crippen LogP contribution in [-0.4, -0.2) is 40.8 Å². The van der Waals surface area contributed by atoms with Gasteiger partial charge in [-0.1, -0.05) is 18.2 Å². The summed E-state index contributed by atoms with van der Waals surface area (Å²) in [6.45, 7) is 0.168. The molecule has 0 saturated heterocycles. The maximum absolute atomic E-state index is 12.3. The van der Waals surface area contributed by atoms with Gasteiger partial charge in [0.2, 0.25) is 15.9 Å². The summed E-state index contributed by atoms with van der Waals surface area (Å²) >= 11 is 0. The van der Waals surface area contributed by atoms with Crippen LogP contribution < -0.4 is 10.0 Å². The van der Waals surface area contributed by atoms with Gasteiger partial charge in [0.25, 0.3) is 0 Å². The summed E-state index contributed by atoms with van der Waals surface area (Å²) < 4.78 is 30.5. The Labute approximate surface area is 161 Å². The molecule has 0 aliphatic rings. The van der Waals surface area contributed by atoms with Crippen LogP contribution in [0.2, 0.25) is 0 Å². The standard InChI is InChI=1S/C19H19N5O3S/c25-19(14-23-10-6-15-3-1-2-4-18(15)23)20-9-12-28(26,27)22-16-7-11-24-17(13-16)5-8-21-24/h1-8,10-11,13,22H,9,12,14H2,(H,20,25). The minimum absolute atomic E-state index is 0.0301. The summed E-state index contributed by atoms with van der Waals surface area (Å²) in [6, 6.07) is 14.8. The number of carbonyl (C=O) groups excluding carboxylic acids is 1. The highest BCUT2D eigenvalue weighted by Gasteiger charge is 2.12. The lowest BCUT2D eigenvalue weighted by atomic mass is 10.2. The van der Waals surface area contributed by atoms with Crippen LogP contribution in [0.25, 0.3) is 16.4 Å². The first-order valence-electron chi connectivity index (χ1n) is 8.75. The lowest BCUT2D eigenvalue weighted by Crippen LogP contribution is -2.33. The number of hydrogen-bond donors (Lipinski definition) is 2. The van der Waals surface area contributed by atoms with Crippen molar-refractivity contribution < 1.29 is 13.2 Å². The monoisotopic (exact) mass is 397 g/mol. The van der Waals surface area contributed by atoms with E-state index in [0.29, 0.717) is 5.69 Å². The fraction of sp³-hybridized carbons (Fsp3) is 0.158. The first-order chi connectivity index (χ1) is 13.5. The maximum Gasteiger partial charge on any atom is 0.239 e. The van der Waals surface area contributed by atoms with Gasteiger partial charge in [-0.2, -0.15) is 5.10 Å². The van der Waals surface area contributed by atoms with Crippen LogP contribution in [0, 0.1) is 0 Å². The van der Waals surface area contributed by atoms with Gasteiger partial charge in [0.1, 0.15) is 6.54 Å². The van der Waals surface area contributed by atoms with E-state index in [1.165, 1.54) is 0 Å². The van der Waals surface area contributed by atoms with E-state index in [9.17, 15) is 13.2 Å². The molecule has 1 amide bonds. The summed E-state index contributed by atoms with van der Waals surface area (Å²) in [5.74, 6) is -0.451. The predicted octanol–water partition coefficient (Wildman–Crippen LogP) is 1.85. The minimum Gasteiger partial charge on any atom is -0.353 e. The third-order valence-electron chi connectivity index (χ3n) is 4.36. The smallest absolute Gasteiger partial charge is 0.239 e. The lowest BCUT2D eigenvalue weighted by molar-refractivity contribution is -0.121. The fourth-order valence-electron chi connectivity index (χ4n) is 3.03. The third-order valence-corrected chi connectivity index (χ3v) is 5.65. The molecule has 0 aliphatic carbocycles. The molecule has 0 bridgehead atoms. The largest absolute Gasteiger partial charge is 0.353 e. The zero-order valence-corrected chi connectivity index (χ0v) is 15.8. The number of amides is 1. The Bertz CT molecular complexity index is 1240. The Morgan fingerprint density at radius 2 is 1.93 bits per heavy atom. The normalized spacial score (nSPS) is 11.7. The molecule has 4 rings (SSSR count). The van der Waals surface area contributed by atoms with Crippen molar-refractivity contribution in [3.63, 3.8) is 0 Å². The summed E-state index contributed by atoms with van der Waals surface area (Å²) in [6.07, 6.45) is 5.16. The van der Waals surface area contributed by atoms with Crippen LogP contribution in [0.5, 0.6) is 0 Å².